The van der Waals surface area contributed by atoms with Gasteiger partial charge in [0.05, 0.1) is 11.0 Å². The third kappa shape index (κ3) is 3.68. The van der Waals surface area contributed by atoms with Crippen molar-refractivity contribution in [2.75, 3.05) is 0 Å². The normalized spacial score (nSPS) is 13.5. The monoisotopic (exact) mass is 604 g/mol. The topological polar surface area (TPSA) is 56.7 Å². The summed E-state index contributed by atoms with van der Waals surface area (Å²) in [4.78, 5) is 15.5. The van der Waals surface area contributed by atoms with Crippen molar-refractivity contribution in [3.63, 3.8) is 0 Å². The number of hydrogen-bond donors (Lipinski definition) is 0. The van der Waals surface area contributed by atoms with Gasteiger partial charge >= 0.3 is 0 Å². The van der Waals surface area contributed by atoms with Gasteiger partial charge in [0.2, 0.25) is 5.95 Å². The Morgan fingerprint density at radius 3 is 2.09 bits per heavy atom. The molecular weight excluding hydrogens is 576 g/mol. The van der Waals surface area contributed by atoms with Gasteiger partial charge in [0.1, 0.15) is 11.2 Å². The van der Waals surface area contributed by atoms with E-state index in [9.17, 15) is 0 Å². The molecule has 5 heteroatoms. The van der Waals surface area contributed by atoms with Gasteiger partial charge < -0.3 is 4.42 Å². The number of benzene rings is 6. The molecule has 0 fully saturated rings. The maximum absolute atomic E-state index is 6.27. The van der Waals surface area contributed by atoms with Gasteiger partial charge in [-0.3, -0.25) is 4.57 Å². The van der Waals surface area contributed by atoms with Gasteiger partial charge in [-0.25, -0.2) is 4.98 Å². The molecule has 222 valence electrons. The molecule has 0 bridgehead atoms. The van der Waals surface area contributed by atoms with Gasteiger partial charge in [0.15, 0.2) is 11.6 Å². The maximum Gasteiger partial charge on any atom is 0.238 e. The SMILES string of the molecule is CC1(C)c2ccccc2-c2c1ccc1c3ccccc3n(-c3nc(-c4ccccc4)nc(-c4ccc5c(c4)oc4ccccc45)n3)c21. The fraction of sp³-hybridized carbons (Fsp3) is 0.0714. The van der Waals surface area contributed by atoms with Crippen LogP contribution in [0, 0.1) is 0 Å². The molecule has 0 unspecified atom stereocenters. The van der Waals surface area contributed by atoms with Crippen LogP contribution in [-0.2, 0) is 5.41 Å². The minimum absolute atomic E-state index is 0.136. The summed E-state index contributed by atoms with van der Waals surface area (Å²) in [5.41, 5.74) is 10.7. The second kappa shape index (κ2) is 9.47. The zero-order valence-corrected chi connectivity index (χ0v) is 25.9. The van der Waals surface area contributed by atoms with Gasteiger partial charge in [-0.15, -0.1) is 0 Å². The van der Waals surface area contributed by atoms with Gasteiger partial charge in [-0.05, 0) is 41.0 Å². The molecule has 1 aliphatic carbocycles. The van der Waals surface area contributed by atoms with Crippen LogP contribution in [0.1, 0.15) is 25.0 Å². The van der Waals surface area contributed by atoms with Crippen LogP contribution in [0.25, 0.3) is 83.6 Å². The van der Waals surface area contributed by atoms with E-state index in [2.05, 4.69) is 97.3 Å². The fourth-order valence-electron chi connectivity index (χ4n) is 7.63. The third-order valence-electron chi connectivity index (χ3n) is 9.87. The summed E-state index contributed by atoms with van der Waals surface area (Å²) in [5, 5.41) is 4.51. The zero-order chi connectivity index (χ0) is 31.3. The molecule has 0 aliphatic heterocycles. The highest BCUT2D eigenvalue weighted by Crippen LogP contribution is 2.52. The lowest BCUT2D eigenvalue weighted by Crippen LogP contribution is -2.14. The predicted octanol–water partition coefficient (Wildman–Crippen LogP) is 10.5. The lowest BCUT2D eigenvalue weighted by Gasteiger charge is -2.21. The first kappa shape index (κ1) is 26.2. The molecule has 10 rings (SSSR count). The molecule has 0 radical (unpaired) electrons. The Balaban J connectivity index is 1.30. The summed E-state index contributed by atoms with van der Waals surface area (Å²) < 4.78 is 8.52. The molecule has 3 aromatic heterocycles. The van der Waals surface area contributed by atoms with E-state index in [1.807, 2.05) is 54.6 Å². The van der Waals surface area contributed by atoms with Crippen molar-refractivity contribution in [2.45, 2.75) is 19.3 Å². The number of furan rings is 1. The Morgan fingerprint density at radius 1 is 0.532 bits per heavy atom. The summed E-state index contributed by atoms with van der Waals surface area (Å²) in [6.07, 6.45) is 0. The van der Waals surface area contributed by atoms with Gasteiger partial charge in [0, 0.05) is 43.7 Å². The molecular formula is C42H28N4O. The second-order valence-corrected chi connectivity index (χ2v) is 12.9. The third-order valence-corrected chi connectivity index (χ3v) is 9.87. The average Bonchev–Trinajstić information content (AvgIpc) is 3.74. The van der Waals surface area contributed by atoms with Crippen LogP contribution in [-0.4, -0.2) is 19.5 Å². The molecule has 6 aromatic carbocycles. The molecule has 47 heavy (non-hydrogen) atoms. The highest BCUT2D eigenvalue weighted by atomic mass is 16.3. The first-order valence-electron chi connectivity index (χ1n) is 16.0. The highest BCUT2D eigenvalue weighted by molar-refractivity contribution is 6.15. The van der Waals surface area contributed by atoms with E-state index in [1.165, 1.54) is 33.0 Å². The van der Waals surface area contributed by atoms with Crippen LogP contribution < -0.4 is 0 Å². The van der Waals surface area contributed by atoms with Gasteiger partial charge in [-0.1, -0.05) is 123 Å². The molecule has 0 N–H and O–H groups in total. The molecule has 0 saturated carbocycles. The van der Waals surface area contributed by atoms with Gasteiger partial charge in [-0.2, -0.15) is 9.97 Å². The highest BCUT2D eigenvalue weighted by Gasteiger charge is 2.37. The quantitative estimate of drug-likeness (QED) is 0.201. The van der Waals surface area contributed by atoms with E-state index in [0.29, 0.717) is 17.6 Å². The zero-order valence-electron chi connectivity index (χ0n) is 25.9. The van der Waals surface area contributed by atoms with Crippen LogP contribution in [0.5, 0.6) is 0 Å². The maximum atomic E-state index is 6.27. The van der Waals surface area contributed by atoms with E-state index >= 15 is 0 Å². The Bertz CT molecular complexity index is 2720. The lowest BCUT2D eigenvalue weighted by atomic mass is 9.82. The second-order valence-electron chi connectivity index (χ2n) is 12.9. The van der Waals surface area contributed by atoms with Gasteiger partial charge in [0.25, 0.3) is 0 Å². The molecule has 5 nitrogen and oxygen atoms in total. The Kier molecular flexibility index (Phi) is 5.28. The van der Waals surface area contributed by atoms with Crippen molar-refractivity contribution in [2.24, 2.45) is 0 Å². The molecule has 1 aliphatic rings. The molecule has 3 heterocycles. The minimum Gasteiger partial charge on any atom is -0.456 e. The standard InChI is InChI=1S/C42H28N4O/c1-42(2)32-17-9-6-16-31(32)37-33(42)23-22-30-27-14-7-10-18-34(27)46(38(30)37)41-44-39(25-12-4-3-5-13-25)43-40(45-41)26-20-21-29-28-15-8-11-19-35(28)47-36(29)24-26/h3-24H,1-2H3. The fourth-order valence-corrected chi connectivity index (χ4v) is 7.63. The van der Waals surface area contributed by atoms with Crippen molar-refractivity contribution in [1.82, 2.24) is 19.5 Å². The first-order chi connectivity index (χ1) is 23.1. The van der Waals surface area contributed by atoms with E-state index < -0.39 is 0 Å². The first-order valence-corrected chi connectivity index (χ1v) is 16.0. The van der Waals surface area contributed by atoms with E-state index in [4.69, 9.17) is 19.4 Å². The summed E-state index contributed by atoms with van der Waals surface area (Å²) in [6.45, 7) is 4.64. The molecule has 0 spiro atoms. The number of rotatable bonds is 3. The van der Waals surface area contributed by atoms with E-state index in [1.54, 1.807) is 0 Å². The molecule has 0 saturated heterocycles. The minimum atomic E-state index is -0.136. The van der Waals surface area contributed by atoms with Crippen molar-refractivity contribution in [1.29, 1.82) is 0 Å². The molecule has 0 amide bonds. The lowest BCUT2D eigenvalue weighted by molar-refractivity contribution is 0.660. The summed E-state index contributed by atoms with van der Waals surface area (Å²) >= 11 is 0. The average molecular weight is 605 g/mol. The van der Waals surface area contributed by atoms with E-state index in [-0.39, 0.29) is 5.41 Å². The Hall–Kier alpha value is -6.07. The van der Waals surface area contributed by atoms with Crippen LogP contribution in [0.4, 0.5) is 0 Å². The van der Waals surface area contributed by atoms with Crippen molar-refractivity contribution in [3.8, 4) is 39.9 Å². The Morgan fingerprint density at radius 2 is 1.21 bits per heavy atom. The van der Waals surface area contributed by atoms with Crippen LogP contribution in [0.3, 0.4) is 0 Å². The number of aromatic nitrogens is 4. The van der Waals surface area contributed by atoms with Crippen LogP contribution in [0.15, 0.2) is 138 Å². The number of fused-ring (bicyclic) bond motifs is 10. The van der Waals surface area contributed by atoms with Crippen LogP contribution in [0.2, 0.25) is 0 Å². The Labute approximate surface area is 270 Å². The van der Waals surface area contributed by atoms with Crippen LogP contribution >= 0.6 is 0 Å². The van der Waals surface area contributed by atoms with E-state index in [0.717, 1.165) is 44.1 Å². The summed E-state index contributed by atoms with van der Waals surface area (Å²) in [7, 11) is 0. The smallest absolute Gasteiger partial charge is 0.238 e. The molecule has 0 atom stereocenters. The summed E-state index contributed by atoms with van der Waals surface area (Å²) in [6, 6.07) is 46.5. The summed E-state index contributed by atoms with van der Waals surface area (Å²) in [5.74, 6) is 1.80. The number of hydrogen-bond acceptors (Lipinski definition) is 4. The molecule has 9 aromatic rings. The largest absolute Gasteiger partial charge is 0.456 e. The predicted molar refractivity (Wildman–Crippen MR) is 190 cm³/mol. The number of nitrogens with zero attached hydrogens (tertiary/aromatic N) is 4. The van der Waals surface area contributed by atoms with Crippen molar-refractivity contribution in [3.05, 3.63) is 145 Å². The van der Waals surface area contributed by atoms with Crippen molar-refractivity contribution >= 4 is 43.7 Å². The van der Waals surface area contributed by atoms with Crippen molar-refractivity contribution < 1.29 is 4.42 Å². The number of para-hydroxylation sites is 2.